The monoisotopic (exact) mass is 532 g/mol. The molecule has 0 spiro atoms. The molecule has 36 heavy (non-hydrogen) atoms. The zero-order valence-corrected chi connectivity index (χ0v) is 19.3. The maximum atomic E-state index is 14.8. The first-order valence-corrected chi connectivity index (χ1v) is 11.7. The summed E-state index contributed by atoms with van der Waals surface area (Å²) in [6.07, 6.45) is -6.05. The van der Waals surface area contributed by atoms with Crippen LogP contribution in [0.15, 0.2) is 36.5 Å². The second-order valence-corrected chi connectivity index (χ2v) is 8.30. The molecule has 0 bridgehead atoms. The highest BCUT2D eigenvalue weighted by Crippen LogP contribution is 2.30. The van der Waals surface area contributed by atoms with Crippen molar-refractivity contribution in [1.29, 1.82) is 0 Å². The lowest BCUT2D eigenvalue weighted by Crippen LogP contribution is -2.36. The van der Waals surface area contributed by atoms with Crippen LogP contribution in [0, 0.1) is 5.82 Å². The van der Waals surface area contributed by atoms with Crippen LogP contribution in [0.1, 0.15) is 6.92 Å². The van der Waals surface area contributed by atoms with E-state index in [1.807, 2.05) is 6.92 Å². The first-order chi connectivity index (χ1) is 16.9. The van der Waals surface area contributed by atoms with Crippen LogP contribution in [0.3, 0.4) is 0 Å². The van der Waals surface area contributed by atoms with E-state index in [1.165, 1.54) is 23.1 Å². The van der Waals surface area contributed by atoms with Gasteiger partial charge in [-0.3, -0.25) is 9.88 Å². The third-order valence-corrected chi connectivity index (χ3v) is 4.78. The summed E-state index contributed by atoms with van der Waals surface area (Å²) in [4.78, 5) is 40.2. The number of tetrazole rings is 1. The van der Waals surface area contributed by atoms with Crippen molar-refractivity contribution >= 4 is 19.6 Å². The Hall–Kier alpha value is -3.43. The summed E-state index contributed by atoms with van der Waals surface area (Å²) in [5, 5.41) is 21.3. The molecule has 1 aliphatic heterocycles. The third-order valence-electron chi connectivity index (χ3n) is 4.78. The first kappa shape index (κ1) is 27.2. The van der Waals surface area contributed by atoms with E-state index in [1.54, 1.807) is 12.1 Å². The van der Waals surface area contributed by atoms with Crippen LogP contribution in [0.2, 0.25) is 0 Å². The molecule has 0 saturated carbocycles. The number of cyclic esters (lactones) is 1. The number of amides is 1. The van der Waals surface area contributed by atoms with Gasteiger partial charge in [-0.25, -0.2) is 22.5 Å². The number of rotatable bonds is 6. The Balaban J connectivity index is 0.000000658. The quantitative estimate of drug-likeness (QED) is 0.338. The number of ether oxygens (including phenoxy) is 1. The predicted molar refractivity (Wildman–Crippen MR) is 116 cm³/mol. The summed E-state index contributed by atoms with van der Waals surface area (Å²) >= 11 is 0. The second-order valence-electron chi connectivity index (χ2n) is 7.27. The molecule has 1 aliphatic rings. The van der Waals surface area contributed by atoms with Gasteiger partial charge in [0.2, 0.25) is 5.82 Å². The minimum absolute atomic E-state index is 0.125. The lowest BCUT2D eigenvalue weighted by molar-refractivity contribution is -0.0641. The molecule has 13 nitrogen and oxygen atoms in total. The van der Waals surface area contributed by atoms with Gasteiger partial charge in [0.1, 0.15) is 11.5 Å². The lowest BCUT2D eigenvalue weighted by Gasteiger charge is -2.16. The normalized spacial score (nSPS) is 16.5. The number of aromatic nitrogens is 5. The zero-order chi connectivity index (χ0) is 26.6. The van der Waals surface area contributed by atoms with Crippen LogP contribution in [0.4, 0.5) is 23.7 Å². The summed E-state index contributed by atoms with van der Waals surface area (Å²) in [5.41, 5.74) is 1.31. The number of halogens is 3. The van der Waals surface area contributed by atoms with Crippen LogP contribution in [-0.2, 0) is 15.8 Å². The number of aryl methyl sites for hydroxylation is 1. The molecule has 4 N–H and O–H groups in total. The van der Waals surface area contributed by atoms with Crippen molar-refractivity contribution in [1.82, 2.24) is 25.2 Å². The number of alkyl halides is 2. The smallest absolute Gasteiger partial charge is 0.441 e. The molecular weight excluding hydrogens is 512 g/mol. The largest absolute Gasteiger partial charge is 0.466 e. The molecule has 194 valence electrons. The summed E-state index contributed by atoms with van der Waals surface area (Å²) in [7, 11) is -4.64. The van der Waals surface area contributed by atoms with Crippen molar-refractivity contribution in [3.63, 3.8) is 0 Å². The van der Waals surface area contributed by atoms with E-state index in [2.05, 4.69) is 20.4 Å². The van der Waals surface area contributed by atoms with Crippen molar-refractivity contribution < 1.29 is 47.1 Å². The van der Waals surface area contributed by atoms with Gasteiger partial charge in [0.05, 0.1) is 18.8 Å². The number of aliphatic hydroxyl groups excluding tert-OH is 1. The fourth-order valence-corrected chi connectivity index (χ4v) is 3.11. The molecule has 1 aromatic carbocycles. The van der Waals surface area contributed by atoms with E-state index in [-0.39, 0.29) is 17.8 Å². The first-order valence-electron chi connectivity index (χ1n) is 10.1. The van der Waals surface area contributed by atoms with Gasteiger partial charge in [0.25, 0.3) is 6.43 Å². The van der Waals surface area contributed by atoms with E-state index in [4.69, 9.17) is 24.0 Å². The molecule has 0 aliphatic carbocycles. The number of phosphoric acid groups is 1. The number of benzene rings is 1. The average Bonchev–Trinajstić information content (AvgIpc) is 3.44. The third kappa shape index (κ3) is 6.83. The predicted octanol–water partition coefficient (Wildman–Crippen LogP) is 1.58. The summed E-state index contributed by atoms with van der Waals surface area (Å²) in [6.45, 7) is 2.12. The maximum Gasteiger partial charge on any atom is 0.466 e. The SMILES string of the molecule is CCn1nnc(-c2ccc(-c3ccc(N4C[C@@H](C(O)C(F)F)OC4=O)cc3F)cn2)n1.O=P(O)(O)O. The summed E-state index contributed by atoms with van der Waals surface area (Å²) in [5.74, 6) is -0.301. The van der Waals surface area contributed by atoms with Gasteiger partial charge in [-0.05, 0) is 36.4 Å². The molecule has 2 atom stereocenters. The summed E-state index contributed by atoms with van der Waals surface area (Å²) < 4.78 is 53.7. The number of carbonyl (C=O) groups excluding carboxylic acids is 1. The van der Waals surface area contributed by atoms with E-state index >= 15 is 0 Å². The number of carbonyl (C=O) groups is 1. The van der Waals surface area contributed by atoms with E-state index in [9.17, 15) is 23.1 Å². The molecule has 3 heterocycles. The minimum atomic E-state index is -4.64. The van der Waals surface area contributed by atoms with Crippen molar-refractivity contribution in [3.8, 4) is 22.6 Å². The molecule has 0 radical (unpaired) electrons. The van der Waals surface area contributed by atoms with E-state index < -0.39 is 38.4 Å². The van der Waals surface area contributed by atoms with Gasteiger partial charge in [-0.2, -0.15) is 4.80 Å². The van der Waals surface area contributed by atoms with Crippen molar-refractivity contribution in [2.45, 2.75) is 32.1 Å². The highest BCUT2D eigenvalue weighted by Gasteiger charge is 2.40. The number of anilines is 1. The fourth-order valence-electron chi connectivity index (χ4n) is 3.11. The van der Waals surface area contributed by atoms with Gasteiger partial charge >= 0.3 is 13.9 Å². The number of hydrogen-bond donors (Lipinski definition) is 4. The number of aliphatic hydroxyl groups is 1. The Morgan fingerprint density at radius 2 is 1.92 bits per heavy atom. The van der Waals surface area contributed by atoms with Gasteiger partial charge in [-0.1, -0.05) is 6.07 Å². The van der Waals surface area contributed by atoms with Gasteiger partial charge in [0, 0.05) is 17.3 Å². The molecule has 1 fully saturated rings. The molecule has 4 rings (SSSR count). The molecule has 1 saturated heterocycles. The minimum Gasteiger partial charge on any atom is -0.441 e. The Kier molecular flexibility index (Phi) is 8.37. The Morgan fingerprint density at radius 3 is 2.44 bits per heavy atom. The highest BCUT2D eigenvalue weighted by atomic mass is 31.2. The molecule has 1 unspecified atom stereocenters. The number of pyridine rings is 1. The Morgan fingerprint density at radius 1 is 1.22 bits per heavy atom. The molecule has 3 aromatic rings. The molecule has 2 aromatic heterocycles. The highest BCUT2D eigenvalue weighted by molar-refractivity contribution is 7.45. The van der Waals surface area contributed by atoms with Crippen molar-refractivity contribution in [2.75, 3.05) is 11.4 Å². The van der Waals surface area contributed by atoms with Crippen LogP contribution in [0.25, 0.3) is 22.6 Å². The van der Waals surface area contributed by atoms with E-state index in [0.29, 0.717) is 23.6 Å². The number of hydrogen-bond acceptors (Lipinski definition) is 8. The maximum absolute atomic E-state index is 14.8. The van der Waals surface area contributed by atoms with Gasteiger partial charge < -0.3 is 24.5 Å². The Bertz CT molecular complexity index is 1250. The van der Waals surface area contributed by atoms with Crippen LogP contribution in [-0.4, -0.2) is 76.2 Å². The topological polar surface area (TPSA) is 184 Å². The zero-order valence-electron chi connectivity index (χ0n) is 18.4. The van der Waals surface area contributed by atoms with E-state index in [0.717, 1.165) is 11.0 Å². The Labute approximate surface area is 201 Å². The average molecular weight is 532 g/mol. The fraction of sp³-hybridized carbons (Fsp3) is 0.316. The standard InChI is InChI=1S/C19H17F3N6O3.H3O4P/c1-2-28-25-18(24-26-28)14-6-3-10(8-23-14)12-5-4-11(7-13(12)20)27-9-15(31-19(27)30)16(29)17(21)22;1-5(2,3)4/h3-8,15-17,29H,2,9H2,1H3;(H3,1,2,3,4)/t15-,16?;/m0./s1. The molecule has 1 amide bonds. The van der Waals surface area contributed by atoms with Crippen LogP contribution >= 0.6 is 7.82 Å². The van der Waals surface area contributed by atoms with Gasteiger partial charge in [0.15, 0.2) is 12.2 Å². The van der Waals surface area contributed by atoms with Crippen LogP contribution < -0.4 is 4.90 Å². The molecule has 17 heteroatoms. The lowest BCUT2D eigenvalue weighted by atomic mass is 10.1. The number of nitrogens with zero attached hydrogens (tertiary/aromatic N) is 6. The van der Waals surface area contributed by atoms with Crippen molar-refractivity contribution in [3.05, 3.63) is 42.3 Å². The van der Waals surface area contributed by atoms with Crippen LogP contribution in [0.5, 0.6) is 0 Å². The van der Waals surface area contributed by atoms with Gasteiger partial charge in [-0.15, -0.1) is 10.2 Å². The second kappa shape index (κ2) is 11.1. The van der Waals surface area contributed by atoms with Crippen molar-refractivity contribution in [2.24, 2.45) is 0 Å². The molecular formula is C19H20F3N6O7P. The summed E-state index contributed by atoms with van der Waals surface area (Å²) in [6, 6.07) is 7.27.